The summed E-state index contributed by atoms with van der Waals surface area (Å²) in [5.74, 6) is 0. The summed E-state index contributed by atoms with van der Waals surface area (Å²) in [5.41, 5.74) is 6.41. The van der Waals surface area contributed by atoms with Crippen LogP contribution in [0, 0.1) is 0 Å². The molecule has 42 heavy (non-hydrogen) atoms. The maximum absolute atomic E-state index is 4.52. The van der Waals surface area contributed by atoms with E-state index in [1.807, 2.05) is 0 Å². The zero-order valence-corrected chi connectivity index (χ0v) is 26.2. The average Bonchev–Trinajstić information content (AvgIpc) is 3.02. The van der Waals surface area contributed by atoms with Gasteiger partial charge in [0.25, 0.3) is 0 Å². The molecule has 5 aromatic carbocycles. The minimum absolute atomic E-state index is 1.09. The standard InChI is InChI=1S/C42H50/c1-4-6-8-10-12-14-16-33-18-20-38-28-35(22-24-37(38)26-33)32(3)36-23-25-40-30-41-27-34(17-15-13-11-9-7-5-2)19-21-39(41)31-42(40)29-36/h18-31H,3-17H2,1-2H3. The number of fused-ring (bicyclic) bond motifs is 3. The second kappa shape index (κ2) is 15.2. The van der Waals surface area contributed by atoms with Crippen molar-refractivity contribution in [1.82, 2.24) is 0 Å². The number of aryl methyl sites for hydroxylation is 2. The van der Waals surface area contributed by atoms with Gasteiger partial charge >= 0.3 is 0 Å². The van der Waals surface area contributed by atoms with Crippen LogP contribution >= 0.6 is 0 Å². The van der Waals surface area contributed by atoms with Crippen molar-refractivity contribution in [1.29, 1.82) is 0 Å². The molecule has 218 valence electrons. The number of rotatable bonds is 16. The fourth-order valence-corrected chi connectivity index (χ4v) is 6.41. The Bertz CT molecular complexity index is 1620. The molecule has 0 bridgehead atoms. The van der Waals surface area contributed by atoms with Gasteiger partial charge in [-0.05, 0) is 110 Å². The summed E-state index contributed by atoms with van der Waals surface area (Å²) >= 11 is 0. The number of unbranched alkanes of at least 4 members (excludes halogenated alkanes) is 10. The minimum atomic E-state index is 1.09. The first-order valence-electron chi connectivity index (χ1n) is 16.8. The van der Waals surface area contributed by atoms with E-state index in [0.717, 1.165) is 5.57 Å². The van der Waals surface area contributed by atoms with Crippen LogP contribution in [0.5, 0.6) is 0 Å². The van der Waals surface area contributed by atoms with Crippen molar-refractivity contribution in [3.63, 3.8) is 0 Å². The first kappa shape index (κ1) is 30.1. The van der Waals surface area contributed by atoms with Gasteiger partial charge in [-0.25, -0.2) is 0 Å². The van der Waals surface area contributed by atoms with Gasteiger partial charge in [-0.3, -0.25) is 0 Å². The number of hydrogen-bond donors (Lipinski definition) is 0. The van der Waals surface area contributed by atoms with Crippen LogP contribution in [0.25, 0.3) is 37.9 Å². The smallest absolute Gasteiger partial charge is 0.0171 e. The van der Waals surface area contributed by atoms with Crippen molar-refractivity contribution < 1.29 is 0 Å². The summed E-state index contributed by atoms with van der Waals surface area (Å²) < 4.78 is 0. The molecule has 0 nitrogen and oxygen atoms in total. The molecular weight excluding hydrogens is 504 g/mol. The van der Waals surface area contributed by atoms with Gasteiger partial charge in [0.2, 0.25) is 0 Å². The molecule has 0 aliphatic rings. The van der Waals surface area contributed by atoms with E-state index in [9.17, 15) is 0 Å². The Morgan fingerprint density at radius 2 is 0.786 bits per heavy atom. The first-order valence-corrected chi connectivity index (χ1v) is 16.8. The Hall–Kier alpha value is -3.38. The van der Waals surface area contributed by atoms with E-state index in [-0.39, 0.29) is 0 Å². The van der Waals surface area contributed by atoms with Gasteiger partial charge < -0.3 is 0 Å². The molecule has 0 aliphatic heterocycles. The van der Waals surface area contributed by atoms with E-state index in [2.05, 4.69) is 105 Å². The van der Waals surface area contributed by atoms with E-state index in [1.54, 1.807) is 0 Å². The number of benzene rings is 5. The van der Waals surface area contributed by atoms with Gasteiger partial charge in [-0.15, -0.1) is 0 Å². The van der Waals surface area contributed by atoms with E-state index in [0.29, 0.717) is 0 Å². The molecule has 0 N–H and O–H groups in total. The SMILES string of the molecule is C=C(c1ccc2cc(CCCCCCCC)ccc2c1)c1ccc2cc3cc(CCCCCCCC)ccc3cc2c1. The minimum Gasteiger partial charge on any atom is -0.0906 e. The lowest BCUT2D eigenvalue weighted by Crippen LogP contribution is -1.90. The van der Waals surface area contributed by atoms with Crippen LogP contribution in [0.15, 0.2) is 91.5 Å². The topological polar surface area (TPSA) is 0 Å². The number of hydrogen-bond acceptors (Lipinski definition) is 0. The van der Waals surface area contributed by atoms with Crippen molar-refractivity contribution in [2.75, 3.05) is 0 Å². The molecule has 5 rings (SSSR count). The summed E-state index contributed by atoms with van der Waals surface area (Å²) in [4.78, 5) is 0. The first-order chi connectivity index (χ1) is 20.6. The zero-order valence-electron chi connectivity index (χ0n) is 26.2. The zero-order chi connectivity index (χ0) is 29.1. The van der Waals surface area contributed by atoms with Crippen molar-refractivity contribution in [3.05, 3.63) is 114 Å². The van der Waals surface area contributed by atoms with Crippen LogP contribution in [0.4, 0.5) is 0 Å². The molecule has 0 heterocycles. The second-order valence-corrected chi connectivity index (χ2v) is 12.5. The Balaban J connectivity index is 1.25. The van der Waals surface area contributed by atoms with Crippen molar-refractivity contribution in [2.24, 2.45) is 0 Å². The van der Waals surface area contributed by atoms with Crippen LogP contribution in [0.1, 0.15) is 113 Å². The van der Waals surface area contributed by atoms with Crippen LogP contribution in [-0.2, 0) is 12.8 Å². The van der Waals surface area contributed by atoms with E-state index in [1.165, 1.54) is 144 Å². The Morgan fingerprint density at radius 1 is 0.405 bits per heavy atom. The van der Waals surface area contributed by atoms with Crippen LogP contribution in [-0.4, -0.2) is 0 Å². The summed E-state index contributed by atoms with van der Waals surface area (Å²) in [6.45, 7) is 9.09. The van der Waals surface area contributed by atoms with E-state index >= 15 is 0 Å². The molecule has 0 atom stereocenters. The lowest BCUT2D eigenvalue weighted by molar-refractivity contribution is 0.607. The van der Waals surface area contributed by atoms with E-state index < -0.39 is 0 Å². The Kier molecular flexibility index (Phi) is 10.9. The largest absolute Gasteiger partial charge is 0.0906 e. The Labute approximate surface area is 254 Å². The van der Waals surface area contributed by atoms with Crippen molar-refractivity contribution >= 4 is 37.9 Å². The predicted molar refractivity (Wildman–Crippen MR) is 188 cm³/mol. The molecule has 0 spiro atoms. The molecule has 0 unspecified atom stereocenters. The monoisotopic (exact) mass is 554 g/mol. The Morgan fingerprint density at radius 3 is 1.33 bits per heavy atom. The molecule has 0 heteroatoms. The van der Waals surface area contributed by atoms with Crippen LogP contribution in [0.2, 0.25) is 0 Å². The molecule has 0 saturated heterocycles. The molecule has 0 aromatic heterocycles. The third-order valence-electron chi connectivity index (χ3n) is 9.10. The molecule has 0 amide bonds. The quantitative estimate of drug-likeness (QED) is 0.0840. The summed E-state index contributed by atoms with van der Waals surface area (Å²) in [6, 6.07) is 32.4. The fourth-order valence-electron chi connectivity index (χ4n) is 6.41. The summed E-state index contributed by atoms with van der Waals surface area (Å²) in [6.07, 6.45) is 18.6. The summed E-state index contributed by atoms with van der Waals surface area (Å²) in [5, 5.41) is 7.87. The molecule has 0 fully saturated rings. The third kappa shape index (κ3) is 7.91. The molecule has 0 saturated carbocycles. The fraction of sp³-hybridized carbons (Fsp3) is 0.381. The maximum Gasteiger partial charge on any atom is -0.0171 e. The predicted octanol–water partition coefficient (Wildman–Crippen LogP) is 13.0. The van der Waals surface area contributed by atoms with Gasteiger partial charge in [0.1, 0.15) is 0 Å². The molecular formula is C42H50. The maximum atomic E-state index is 4.52. The van der Waals surface area contributed by atoms with Crippen molar-refractivity contribution in [3.8, 4) is 0 Å². The van der Waals surface area contributed by atoms with Crippen molar-refractivity contribution in [2.45, 2.75) is 104 Å². The van der Waals surface area contributed by atoms with Gasteiger partial charge in [0.15, 0.2) is 0 Å². The highest BCUT2D eigenvalue weighted by Gasteiger charge is 2.08. The third-order valence-corrected chi connectivity index (χ3v) is 9.10. The highest BCUT2D eigenvalue weighted by Crippen LogP contribution is 2.31. The van der Waals surface area contributed by atoms with Gasteiger partial charge in [0, 0.05) is 0 Å². The van der Waals surface area contributed by atoms with Crippen LogP contribution < -0.4 is 0 Å². The molecule has 5 aromatic rings. The van der Waals surface area contributed by atoms with Gasteiger partial charge in [-0.2, -0.15) is 0 Å². The highest BCUT2D eigenvalue weighted by atomic mass is 14.1. The normalized spacial score (nSPS) is 11.6. The molecule has 0 aliphatic carbocycles. The van der Waals surface area contributed by atoms with Gasteiger partial charge in [-0.1, -0.05) is 145 Å². The molecule has 0 radical (unpaired) electrons. The van der Waals surface area contributed by atoms with E-state index in [4.69, 9.17) is 0 Å². The van der Waals surface area contributed by atoms with Crippen LogP contribution in [0.3, 0.4) is 0 Å². The highest BCUT2D eigenvalue weighted by molar-refractivity contribution is 6.00. The van der Waals surface area contributed by atoms with Gasteiger partial charge in [0.05, 0.1) is 0 Å². The lowest BCUT2D eigenvalue weighted by Gasteiger charge is -2.11. The average molecular weight is 555 g/mol. The summed E-state index contributed by atoms with van der Waals surface area (Å²) in [7, 11) is 0. The lowest BCUT2D eigenvalue weighted by atomic mass is 9.93. The second-order valence-electron chi connectivity index (χ2n) is 12.5.